The number of hydrogen-bond donors (Lipinski definition) is 2. The van der Waals surface area contributed by atoms with Crippen LogP contribution in [0.2, 0.25) is 5.02 Å². The molecule has 2 N–H and O–H groups in total. The molecule has 2 aromatic rings. The number of hydrogen-bond acceptors (Lipinski definition) is 3. The molecule has 0 aliphatic carbocycles. The number of halogens is 2. The second-order valence-electron chi connectivity index (χ2n) is 5.20. The third-order valence-corrected chi connectivity index (χ3v) is 5.25. The minimum Gasteiger partial charge on any atom is -0.322 e. The lowest BCUT2D eigenvalue weighted by molar-refractivity contribution is 0.102. The molecule has 0 saturated heterocycles. The Morgan fingerprint density at radius 3 is 2.68 bits per heavy atom. The largest absolute Gasteiger partial charge is 0.322 e. The predicted molar refractivity (Wildman–Crippen MR) is 95.9 cm³/mol. The predicted octanol–water partition coefficient (Wildman–Crippen LogP) is 3.50. The summed E-state index contributed by atoms with van der Waals surface area (Å²) in [7, 11) is -3.89. The summed E-state index contributed by atoms with van der Waals surface area (Å²) in [5, 5.41) is 2.54. The van der Waals surface area contributed by atoms with Gasteiger partial charge in [-0.3, -0.25) is 4.79 Å². The summed E-state index contributed by atoms with van der Waals surface area (Å²) in [6, 6.07) is 7.87. The van der Waals surface area contributed by atoms with Crippen molar-refractivity contribution in [1.29, 1.82) is 0 Å². The van der Waals surface area contributed by atoms with E-state index in [1.807, 2.05) is 0 Å². The highest BCUT2D eigenvalue weighted by molar-refractivity contribution is 7.89. The van der Waals surface area contributed by atoms with E-state index < -0.39 is 21.7 Å². The van der Waals surface area contributed by atoms with Crippen LogP contribution in [-0.2, 0) is 10.0 Å². The number of aryl methyl sites for hydroxylation is 1. The van der Waals surface area contributed by atoms with Gasteiger partial charge in [-0.15, -0.1) is 6.58 Å². The molecule has 0 bridgehead atoms. The van der Waals surface area contributed by atoms with Crippen molar-refractivity contribution in [2.45, 2.75) is 11.8 Å². The first-order chi connectivity index (χ1) is 11.7. The van der Waals surface area contributed by atoms with Crippen LogP contribution in [0.3, 0.4) is 0 Å². The summed E-state index contributed by atoms with van der Waals surface area (Å²) >= 11 is 5.94. The molecule has 1 amide bonds. The standard InChI is InChI=1S/C17H16ClFN2O3S/c1-3-8-20-25(23,24)16-9-12(5-7-14(16)18)17(22)21-15-10-13(19)6-4-11(15)2/h3-7,9-10,20H,1,8H2,2H3,(H,21,22). The summed E-state index contributed by atoms with van der Waals surface area (Å²) in [4.78, 5) is 12.2. The van der Waals surface area contributed by atoms with Gasteiger partial charge in [-0.1, -0.05) is 23.7 Å². The molecule has 0 spiro atoms. The summed E-state index contributed by atoms with van der Waals surface area (Å²) < 4.78 is 40.1. The number of carbonyl (C=O) groups excluding carboxylic acids is 1. The second-order valence-corrected chi connectivity index (χ2v) is 7.34. The van der Waals surface area contributed by atoms with E-state index in [9.17, 15) is 17.6 Å². The van der Waals surface area contributed by atoms with Gasteiger partial charge in [0, 0.05) is 17.8 Å². The number of benzene rings is 2. The molecule has 2 aromatic carbocycles. The minimum absolute atomic E-state index is 0.0185. The van der Waals surface area contributed by atoms with Crippen LogP contribution in [-0.4, -0.2) is 20.9 Å². The molecule has 0 heterocycles. The summed E-state index contributed by atoms with van der Waals surface area (Å²) in [5.41, 5.74) is 1.05. The van der Waals surface area contributed by atoms with E-state index in [2.05, 4.69) is 16.6 Å². The van der Waals surface area contributed by atoms with Gasteiger partial charge in [0.1, 0.15) is 10.7 Å². The quantitative estimate of drug-likeness (QED) is 0.751. The fourth-order valence-corrected chi connectivity index (χ4v) is 3.54. The van der Waals surface area contributed by atoms with Gasteiger partial charge in [0.2, 0.25) is 10.0 Å². The molecular weight excluding hydrogens is 367 g/mol. The Morgan fingerprint density at radius 1 is 1.28 bits per heavy atom. The maximum atomic E-state index is 13.3. The Kier molecular flexibility index (Phi) is 5.94. The first kappa shape index (κ1) is 19.1. The zero-order chi connectivity index (χ0) is 18.6. The van der Waals surface area contributed by atoms with Crippen LogP contribution >= 0.6 is 11.6 Å². The zero-order valence-electron chi connectivity index (χ0n) is 13.3. The normalized spacial score (nSPS) is 11.2. The van der Waals surface area contributed by atoms with Crippen molar-refractivity contribution in [3.8, 4) is 0 Å². The van der Waals surface area contributed by atoms with E-state index >= 15 is 0 Å². The molecule has 0 atom stereocenters. The van der Waals surface area contributed by atoms with Gasteiger partial charge in [-0.05, 0) is 42.8 Å². The average molecular weight is 383 g/mol. The fraction of sp³-hybridized carbons (Fsp3) is 0.118. The highest BCUT2D eigenvalue weighted by Gasteiger charge is 2.20. The molecule has 0 unspecified atom stereocenters. The Labute approximate surface area is 150 Å². The van der Waals surface area contributed by atoms with Gasteiger partial charge in [0.15, 0.2) is 0 Å². The average Bonchev–Trinajstić information content (AvgIpc) is 2.56. The molecule has 2 rings (SSSR count). The molecule has 0 radical (unpaired) electrons. The van der Waals surface area contributed by atoms with Gasteiger partial charge >= 0.3 is 0 Å². The number of amides is 1. The molecule has 132 valence electrons. The molecule has 0 aliphatic heterocycles. The van der Waals surface area contributed by atoms with Crippen LogP contribution < -0.4 is 10.0 Å². The third-order valence-electron chi connectivity index (χ3n) is 3.35. The van der Waals surface area contributed by atoms with Crippen molar-refractivity contribution >= 4 is 33.2 Å². The molecular formula is C17H16ClFN2O3S. The van der Waals surface area contributed by atoms with E-state index in [0.717, 1.165) is 6.07 Å². The molecule has 25 heavy (non-hydrogen) atoms. The van der Waals surface area contributed by atoms with Gasteiger partial charge in [0.25, 0.3) is 5.91 Å². The number of nitrogens with one attached hydrogen (secondary N) is 2. The highest BCUT2D eigenvalue weighted by atomic mass is 35.5. The van der Waals surface area contributed by atoms with E-state index in [-0.39, 0.29) is 22.0 Å². The summed E-state index contributed by atoms with van der Waals surface area (Å²) in [6.07, 6.45) is 1.38. The van der Waals surface area contributed by atoms with E-state index in [4.69, 9.17) is 11.6 Å². The second kappa shape index (κ2) is 7.77. The number of sulfonamides is 1. The highest BCUT2D eigenvalue weighted by Crippen LogP contribution is 2.24. The summed E-state index contributed by atoms with van der Waals surface area (Å²) in [5.74, 6) is -1.07. The van der Waals surface area contributed by atoms with Gasteiger partial charge < -0.3 is 5.32 Å². The first-order valence-electron chi connectivity index (χ1n) is 7.22. The fourth-order valence-electron chi connectivity index (χ4n) is 2.02. The van der Waals surface area contributed by atoms with Crippen LogP contribution in [0.4, 0.5) is 10.1 Å². The van der Waals surface area contributed by atoms with Crippen LogP contribution in [0.25, 0.3) is 0 Å². The van der Waals surface area contributed by atoms with Crippen LogP contribution in [0, 0.1) is 12.7 Å². The van der Waals surface area contributed by atoms with Crippen molar-refractivity contribution < 1.29 is 17.6 Å². The molecule has 8 heteroatoms. The number of anilines is 1. The van der Waals surface area contributed by atoms with Crippen molar-refractivity contribution in [1.82, 2.24) is 4.72 Å². The van der Waals surface area contributed by atoms with Gasteiger partial charge in [-0.25, -0.2) is 17.5 Å². The van der Waals surface area contributed by atoms with Gasteiger partial charge in [0.05, 0.1) is 5.02 Å². The van der Waals surface area contributed by atoms with Crippen molar-refractivity contribution in [3.63, 3.8) is 0 Å². The van der Waals surface area contributed by atoms with Gasteiger partial charge in [-0.2, -0.15) is 0 Å². The lowest BCUT2D eigenvalue weighted by Gasteiger charge is -2.11. The van der Waals surface area contributed by atoms with E-state index in [0.29, 0.717) is 11.3 Å². The zero-order valence-corrected chi connectivity index (χ0v) is 14.9. The van der Waals surface area contributed by atoms with Crippen molar-refractivity contribution in [2.75, 3.05) is 11.9 Å². The van der Waals surface area contributed by atoms with Crippen molar-refractivity contribution in [3.05, 3.63) is 71.0 Å². The SMILES string of the molecule is C=CCNS(=O)(=O)c1cc(C(=O)Nc2cc(F)ccc2C)ccc1Cl. The lowest BCUT2D eigenvalue weighted by atomic mass is 10.1. The maximum absolute atomic E-state index is 13.3. The first-order valence-corrected chi connectivity index (χ1v) is 9.08. The Balaban J connectivity index is 2.34. The monoisotopic (exact) mass is 382 g/mol. The maximum Gasteiger partial charge on any atom is 0.255 e. The van der Waals surface area contributed by atoms with Crippen LogP contribution in [0.5, 0.6) is 0 Å². The molecule has 0 aliphatic rings. The summed E-state index contributed by atoms with van der Waals surface area (Å²) in [6.45, 7) is 5.17. The topological polar surface area (TPSA) is 75.3 Å². The number of carbonyl (C=O) groups is 1. The third kappa shape index (κ3) is 4.66. The Hall–Kier alpha value is -2.22. The Morgan fingerprint density at radius 2 is 2.00 bits per heavy atom. The Bertz CT molecular complexity index is 929. The number of rotatable bonds is 6. The van der Waals surface area contributed by atoms with Crippen molar-refractivity contribution in [2.24, 2.45) is 0 Å². The van der Waals surface area contributed by atoms with E-state index in [1.54, 1.807) is 6.92 Å². The molecule has 0 aromatic heterocycles. The van der Waals surface area contributed by atoms with Crippen LogP contribution in [0.15, 0.2) is 53.9 Å². The molecule has 5 nitrogen and oxygen atoms in total. The minimum atomic E-state index is -3.89. The smallest absolute Gasteiger partial charge is 0.255 e. The van der Waals surface area contributed by atoms with E-state index in [1.165, 1.54) is 36.4 Å². The molecule has 0 fully saturated rings. The lowest BCUT2D eigenvalue weighted by Crippen LogP contribution is -2.24. The molecule has 0 saturated carbocycles. The van der Waals surface area contributed by atoms with Crippen LogP contribution in [0.1, 0.15) is 15.9 Å².